The molecule has 94 valence electrons. The first-order valence-electron chi connectivity index (χ1n) is 6.14. The molecule has 0 aromatic heterocycles. The predicted octanol–water partition coefficient (Wildman–Crippen LogP) is 2.33. The van der Waals surface area contributed by atoms with Crippen molar-refractivity contribution in [3.05, 3.63) is 23.8 Å². The molecule has 1 aliphatic rings. The molecule has 17 heavy (non-hydrogen) atoms. The minimum absolute atomic E-state index is 0.148. The third kappa shape index (κ3) is 3.37. The predicted molar refractivity (Wildman–Crippen MR) is 68.6 cm³/mol. The molecule has 0 saturated carbocycles. The van der Waals surface area contributed by atoms with Crippen LogP contribution in [0.5, 0.6) is 11.5 Å². The largest absolute Gasteiger partial charge is 0.508 e. The van der Waals surface area contributed by atoms with Gasteiger partial charge in [0.05, 0.1) is 6.61 Å². The van der Waals surface area contributed by atoms with Crippen molar-refractivity contribution in [1.82, 2.24) is 5.32 Å². The van der Waals surface area contributed by atoms with Crippen LogP contribution in [0.2, 0.25) is 0 Å². The van der Waals surface area contributed by atoms with E-state index in [1.54, 1.807) is 12.1 Å². The van der Waals surface area contributed by atoms with E-state index in [0.29, 0.717) is 5.92 Å². The molecule has 1 atom stereocenters. The van der Waals surface area contributed by atoms with Crippen LogP contribution in [-0.4, -0.2) is 23.8 Å². The number of nitrogens with one attached hydrogen (secondary N) is 1. The van der Waals surface area contributed by atoms with Gasteiger partial charge >= 0.3 is 0 Å². The Labute approximate surface area is 103 Å². The van der Waals surface area contributed by atoms with E-state index in [2.05, 4.69) is 26.1 Å². The highest BCUT2D eigenvalue weighted by atomic mass is 16.5. The van der Waals surface area contributed by atoms with E-state index in [-0.39, 0.29) is 11.3 Å². The number of fused-ring (bicyclic) bond motifs is 1. The van der Waals surface area contributed by atoms with Crippen LogP contribution in [0.1, 0.15) is 26.3 Å². The van der Waals surface area contributed by atoms with E-state index in [9.17, 15) is 5.11 Å². The lowest BCUT2D eigenvalue weighted by molar-refractivity contribution is 0.208. The minimum atomic E-state index is 0.148. The van der Waals surface area contributed by atoms with Crippen molar-refractivity contribution in [2.24, 2.45) is 5.92 Å². The fraction of sp³-hybridized carbons (Fsp3) is 0.571. The van der Waals surface area contributed by atoms with Gasteiger partial charge in [0.1, 0.15) is 11.5 Å². The van der Waals surface area contributed by atoms with Crippen molar-refractivity contribution in [2.45, 2.75) is 32.7 Å². The monoisotopic (exact) mass is 235 g/mol. The molecule has 0 amide bonds. The Morgan fingerprint density at radius 3 is 2.88 bits per heavy atom. The Morgan fingerprint density at radius 2 is 2.18 bits per heavy atom. The van der Waals surface area contributed by atoms with Crippen LogP contribution in [0.3, 0.4) is 0 Å². The number of hydrogen-bond donors (Lipinski definition) is 2. The summed E-state index contributed by atoms with van der Waals surface area (Å²) in [6.07, 6.45) is 1.01. The van der Waals surface area contributed by atoms with Gasteiger partial charge < -0.3 is 15.2 Å². The summed E-state index contributed by atoms with van der Waals surface area (Å²) in [4.78, 5) is 0. The van der Waals surface area contributed by atoms with Gasteiger partial charge in [-0.05, 0) is 38.8 Å². The molecule has 1 aliphatic heterocycles. The number of phenols is 1. The van der Waals surface area contributed by atoms with Crippen molar-refractivity contribution in [2.75, 3.05) is 13.2 Å². The third-order valence-corrected chi connectivity index (χ3v) is 2.95. The number of benzene rings is 1. The number of phenolic OH excluding ortho intramolecular Hbond substituents is 1. The second-order valence-electron chi connectivity index (χ2n) is 5.80. The average Bonchev–Trinajstić information content (AvgIpc) is 2.25. The summed E-state index contributed by atoms with van der Waals surface area (Å²) in [5.74, 6) is 1.61. The van der Waals surface area contributed by atoms with Crippen molar-refractivity contribution in [1.29, 1.82) is 0 Å². The molecular weight excluding hydrogens is 214 g/mol. The fourth-order valence-corrected chi connectivity index (χ4v) is 2.01. The smallest absolute Gasteiger partial charge is 0.126 e. The fourth-order valence-electron chi connectivity index (χ4n) is 2.01. The van der Waals surface area contributed by atoms with Crippen molar-refractivity contribution < 1.29 is 9.84 Å². The van der Waals surface area contributed by atoms with Crippen LogP contribution >= 0.6 is 0 Å². The molecule has 3 nitrogen and oxygen atoms in total. The zero-order chi connectivity index (χ0) is 12.5. The van der Waals surface area contributed by atoms with Gasteiger partial charge in [-0.1, -0.05) is 6.07 Å². The standard InChI is InChI=1S/C14H21NO2/c1-14(2,3)15-8-10-6-11-4-5-12(16)7-13(11)17-9-10/h4-5,7,10,15-16H,6,8-9H2,1-3H3. The Bertz CT molecular complexity index is 396. The highest BCUT2D eigenvalue weighted by Gasteiger charge is 2.21. The van der Waals surface area contributed by atoms with Gasteiger partial charge in [0.2, 0.25) is 0 Å². The molecule has 1 unspecified atom stereocenters. The second kappa shape index (κ2) is 4.57. The number of hydrogen-bond acceptors (Lipinski definition) is 3. The van der Waals surface area contributed by atoms with E-state index >= 15 is 0 Å². The topological polar surface area (TPSA) is 41.5 Å². The first kappa shape index (κ1) is 12.2. The van der Waals surface area contributed by atoms with Crippen LogP contribution in [-0.2, 0) is 6.42 Å². The Balaban J connectivity index is 1.97. The zero-order valence-corrected chi connectivity index (χ0v) is 10.8. The summed E-state index contributed by atoms with van der Waals surface area (Å²) in [5, 5.41) is 12.9. The van der Waals surface area contributed by atoms with Crippen LogP contribution in [0, 0.1) is 5.92 Å². The Morgan fingerprint density at radius 1 is 1.41 bits per heavy atom. The van der Waals surface area contributed by atoms with Crippen LogP contribution in [0.25, 0.3) is 0 Å². The normalized spacial score (nSPS) is 19.6. The maximum Gasteiger partial charge on any atom is 0.126 e. The lowest BCUT2D eigenvalue weighted by Crippen LogP contribution is -2.41. The van der Waals surface area contributed by atoms with Crippen LogP contribution < -0.4 is 10.1 Å². The van der Waals surface area contributed by atoms with Gasteiger partial charge in [-0.2, -0.15) is 0 Å². The Kier molecular flexibility index (Phi) is 3.29. The highest BCUT2D eigenvalue weighted by Crippen LogP contribution is 2.30. The van der Waals surface area contributed by atoms with Gasteiger partial charge in [0, 0.05) is 24.1 Å². The van der Waals surface area contributed by atoms with Gasteiger partial charge in [-0.3, -0.25) is 0 Å². The molecule has 0 spiro atoms. The SMILES string of the molecule is CC(C)(C)NCC1COc2cc(O)ccc2C1. The lowest BCUT2D eigenvalue weighted by Gasteiger charge is -2.29. The molecule has 0 aliphatic carbocycles. The van der Waals surface area contributed by atoms with Crippen LogP contribution in [0.15, 0.2) is 18.2 Å². The molecule has 1 heterocycles. The molecule has 0 fully saturated rings. The summed E-state index contributed by atoms with van der Waals surface area (Å²) in [6, 6.07) is 5.37. The Hall–Kier alpha value is -1.22. The lowest BCUT2D eigenvalue weighted by atomic mass is 9.95. The van der Waals surface area contributed by atoms with E-state index in [0.717, 1.165) is 25.3 Å². The van der Waals surface area contributed by atoms with E-state index in [1.807, 2.05) is 6.07 Å². The molecule has 0 radical (unpaired) electrons. The summed E-state index contributed by atoms with van der Waals surface area (Å²) in [7, 11) is 0. The maximum atomic E-state index is 9.37. The van der Waals surface area contributed by atoms with E-state index in [4.69, 9.17) is 4.74 Å². The number of aromatic hydroxyl groups is 1. The number of ether oxygens (including phenoxy) is 1. The highest BCUT2D eigenvalue weighted by molar-refractivity contribution is 5.41. The minimum Gasteiger partial charge on any atom is -0.508 e. The van der Waals surface area contributed by atoms with Gasteiger partial charge in [-0.25, -0.2) is 0 Å². The first-order valence-corrected chi connectivity index (χ1v) is 6.14. The summed E-state index contributed by atoms with van der Waals surface area (Å²) >= 11 is 0. The van der Waals surface area contributed by atoms with Crippen molar-refractivity contribution in [3.63, 3.8) is 0 Å². The quantitative estimate of drug-likeness (QED) is 0.826. The number of rotatable bonds is 2. The molecule has 0 bridgehead atoms. The van der Waals surface area contributed by atoms with Crippen LogP contribution in [0.4, 0.5) is 0 Å². The van der Waals surface area contributed by atoms with Crippen molar-refractivity contribution in [3.8, 4) is 11.5 Å². The molecule has 2 N–H and O–H groups in total. The van der Waals surface area contributed by atoms with Gasteiger partial charge in [-0.15, -0.1) is 0 Å². The molecule has 2 rings (SSSR count). The molecule has 3 heteroatoms. The molecule has 1 aromatic rings. The maximum absolute atomic E-state index is 9.37. The average molecular weight is 235 g/mol. The summed E-state index contributed by atoms with van der Waals surface area (Å²) < 4.78 is 5.68. The zero-order valence-electron chi connectivity index (χ0n) is 10.8. The van der Waals surface area contributed by atoms with Gasteiger partial charge in [0.25, 0.3) is 0 Å². The van der Waals surface area contributed by atoms with E-state index in [1.165, 1.54) is 5.56 Å². The first-order chi connectivity index (χ1) is 7.94. The summed E-state index contributed by atoms with van der Waals surface area (Å²) in [5.41, 5.74) is 1.34. The third-order valence-electron chi connectivity index (χ3n) is 2.95. The van der Waals surface area contributed by atoms with E-state index < -0.39 is 0 Å². The molecule has 0 saturated heterocycles. The second-order valence-corrected chi connectivity index (χ2v) is 5.80. The molecular formula is C14H21NO2. The van der Waals surface area contributed by atoms with Gasteiger partial charge in [0.15, 0.2) is 0 Å². The molecule has 1 aromatic carbocycles. The summed E-state index contributed by atoms with van der Waals surface area (Å²) in [6.45, 7) is 8.19. The van der Waals surface area contributed by atoms with Crippen molar-refractivity contribution >= 4 is 0 Å².